The number of amides is 1. The second-order valence-electron chi connectivity index (χ2n) is 7.49. The smallest absolute Gasteiger partial charge is 0.264 e. The molecule has 166 valence electrons. The quantitative estimate of drug-likeness (QED) is 0.454. The highest BCUT2D eigenvalue weighted by molar-refractivity contribution is 6.31. The molecule has 0 spiro atoms. The third-order valence-corrected chi connectivity index (χ3v) is 5.42. The number of hydrogen-bond donors (Lipinski definition) is 1. The molecule has 11 heteroatoms. The van der Waals surface area contributed by atoms with Crippen LogP contribution in [0.4, 0.5) is 0 Å². The first-order valence-corrected chi connectivity index (χ1v) is 10.6. The summed E-state index contributed by atoms with van der Waals surface area (Å²) in [5.74, 6) is 0.223. The molecule has 1 aromatic carbocycles. The molecule has 0 aliphatic heterocycles. The number of rotatable bonds is 7. The first kappa shape index (κ1) is 21.7. The number of hydrogen-bond acceptors (Lipinski definition) is 6. The van der Waals surface area contributed by atoms with Gasteiger partial charge in [0.15, 0.2) is 5.65 Å². The molecule has 0 unspecified atom stereocenters. The molecule has 0 saturated carbocycles. The second-order valence-corrected chi connectivity index (χ2v) is 7.92. The number of carbonyl (C=O) groups excluding carboxylic acids is 1. The molecular formula is C21H22ClN7O3. The number of halogens is 1. The minimum atomic E-state index is -0.284. The molecule has 4 rings (SSSR count). The van der Waals surface area contributed by atoms with Gasteiger partial charge in [-0.15, -0.1) is 0 Å². The SMILES string of the molecule is CCCN(Cc1nc2cc(Cl)ccc2c(=O)[nH]1)C(=O)CCn1cnc2c(cnn2C)c1=O. The molecule has 0 atom stereocenters. The number of nitrogens with one attached hydrogen (secondary N) is 1. The maximum atomic E-state index is 12.9. The number of fused-ring (bicyclic) bond motifs is 2. The Hall–Kier alpha value is -3.53. The monoisotopic (exact) mass is 455 g/mol. The summed E-state index contributed by atoms with van der Waals surface area (Å²) in [7, 11) is 1.71. The molecule has 0 bridgehead atoms. The van der Waals surface area contributed by atoms with Crippen molar-refractivity contribution in [3.05, 3.63) is 62.3 Å². The van der Waals surface area contributed by atoms with E-state index in [0.717, 1.165) is 6.42 Å². The second kappa shape index (κ2) is 8.91. The Labute approximate surface area is 187 Å². The van der Waals surface area contributed by atoms with Gasteiger partial charge in [0.2, 0.25) is 5.91 Å². The van der Waals surface area contributed by atoms with E-state index in [1.54, 1.807) is 30.1 Å². The van der Waals surface area contributed by atoms with Crippen molar-refractivity contribution in [2.45, 2.75) is 32.9 Å². The van der Waals surface area contributed by atoms with Crippen molar-refractivity contribution in [2.24, 2.45) is 7.05 Å². The molecule has 3 heterocycles. The molecular weight excluding hydrogens is 434 g/mol. The van der Waals surface area contributed by atoms with Gasteiger partial charge in [-0.1, -0.05) is 18.5 Å². The number of nitrogens with zero attached hydrogens (tertiary/aromatic N) is 6. The Bertz CT molecular complexity index is 1420. The van der Waals surface area contributed by atoms with E-state index >= 15 is 0 Å². The first-order valence-electron chi connectivity index (χ1n) is 10.2. The van der Waals surface area contributed by atoms with Crippen molar-refractivity contribution in [1.29, 1.82) is 0 Å². The summed E-state index contributed by atoms with van der Waals surface area (Å²) in [6, 6.07) is 4.87. The highest BCUT2D eigenvalue weighted by Crippen LogP contribution is 2.15. The number of aromatic nitrogens is 6. The van der Waals surface area contributed by atoms with Crippen LogP contribution >= 0.6 is 11.6 Å². The van der Waals surface area contributed by atoms with E-state index in [0.29, 0.717) is 39.3 Å². The molecule has 32 heavy (non-hydrogen) atoms. The van der Waals surface area contributed by atoms with Crippen LogP contribution in [0, 0.1) is 0 Å². The largest absolute Gasteiger partial charge is 0.335 e. The molecule has 0 radical (unpaired) electrons. The minimum Gasteiger partial charge on any atom is -0.335 e. The zero-order chi connectivity index (χ0) is 22.8. The van der Waals surface area contributed by atoms with Crippen LogP contribution in [0.2, 0.25) is 5.02 Å². The third-order valence-electron chi connectivity index (χ3n) is 5.19. The lowest BCUT2D eigenvalue weighted by Crippen LogP contribution is -2.34. The summed E-state index contributed by atoms with van der Waals surface area (Å²) in [4.78, 5) is 51.0. The van der Waals surface area contributed by atoms with Crippen LogP contribution in [-0.4, -0.2) is 46.7 Å². The number of H-pyrrole nitrogens is 1. The Morgan fingerprint density at radius 2 is 2.06 bits per heavy atom. The predicted molar refractivity (Wildman–Crippen MR) is 120 cm³/mol. The molecule has 1 amide bonds. The fourth-order valence-electron chi connectivity index (χ4n) is 3.58. The summed E-state index contributed by atoms with van der Waals surface area (Å²) in [5, 5.41) is 5.37. The third kappa shape index (κ3) is 4.26. The van der Waals surface area contributed by atoms with E-state index in [2.05, 4.69) is 20.1 Å². The maximum Gasteiger partial charge on any atom is 0.264 e. The van der Waals surface area contributed by atoms with Crippen molar-refractivity contribution >= 4 is 39.4 Å². The zero-order valence-corrected chi connectivity index (χ0v) is 18.5. The van der Waals surface area contributed by atoms with Crippen molar-refractivity contribution in [2.75, 3.05) is 6.54 Å². The summed E-state index contributed by atoms with van der Waals surface area (Å²) in [6.45, 7) is 2.79. The van der Waals surface area contributed by atoms with Crippen molar-refractivity contribution in [1.82, 2.24) is 34.2 Å². The van der Waals surface area contributed by atoms with E-state index in [1.165, 1.54) is 21.8 Å². The number of aryl methyl sites for hydroxylation is 2. The van der Waals surface area contributed by atoms with E-state index in [1.807, 2.05) is 6.92 Å². The van der Waals surface area contributed by atoms with Gasteiger partial charge in [-0.05, 0) is 24.6 Å². The molecule has 3 aromatic heterocycles. The van der Waals surface area contributed by atoms with Gasteiger partial charge in [0.05, 0.1) is 30.0 Å². The van der Waals surface area contributed by atoms with Crippen LogP contribution in [0.1, 0.15) is 25.6 Å². The minimum absolute atomic E-state index is 0.108. The average molecular weight is 456 g/mol. The normalized spacial score (nSPS) is 11.3. The summed E-state index contributed by atoms with van der Waals surface area (Å²) in [5.41, 5.74) is 0.447. The fourth-order valence-corrected chi connectivity index (χ4v) is 3.74. The Morgan fingerprint density at radius 3 is 2.84 bits per heavy atom. The van der Waals surface area contributed by atoms with Crippen molar-refractivity contribution < 1.29 is 4.79 Å². The van der Waals surface area contributed by atoms with Gasteiger partial charge in [0.1, 0.15) is 11.2 Å². The van der Waals surface area contributed by atoms with E-state index in [-0.39, 0.29) is 36.5 Å². The molecule has 0 saturated heterocycles. The zero-order valence-electron chi connectivity index (χ0n) is 17.7. The molecule has 0 aliphatic rings. The Morgan fingerprint density at radius 1 is 1.25 bits per heavy atom. The summed E-state index contributed by atoms with van der Waals surface area (Å²) >= 11 is 6.02. The number of aromatic amines is 1. The Kier molecular flexibility index (Phi) is 6.04. The molecule has 0 fully saturated rings. The van der Waals surface area contributed by atoms with Gasteiger partial charge in [-0.25, -0.2) is 9.97 Å². The number of benzene rings is 1. The van der Waals surface area contributed by atoms with E-state index in [9.17, 15) is 14.4 Å². The lowest BCUT2D eigenvalue weighted by molar-refractivity contribution is -0.132. The topological polar surface area (TPSA) is 119 Å². The van der Waals surface area contributed by atoms with Crippen LogP contribution < -0.4 is 11.1 Å². The van der Waals surface area contributed by atoms with Gasteiger partial charge in [0.25, 0.3) is 11.1 Å². The summed E-state index contributed by atoms with van der Waals surface area (Å²) < 4.78 is 2.93. The molecule has 0 aliphatic carbocycles. The average Bonchev–Trinajstić information content (AvgIpc) is 3.14. The highest BCUT2D eigenvalue weighted by atomic mass is 35.5. The highest BCUT2D eigenvalue weighted by Gasteiger charge is 2.17. The van der Waals surface area contributed by atoms with E-state index in [4.69, 9.17) is 11.6 Å². The maximum absolute atomic E-state index is 12.9. The van der Waals surface area contributed by atoms with Gasteiger partial charge in [0, 0.05) is 31.6 Å². The lowest BCUT2D eigenvalue weighted by Gasteiger charge is -2.22. The molecule has 1 N–H and O–H groups in total. The van der Waals surface area contributed by atoms with Crippen LogP contribution in [-0.2, 0) is 24.9 Å². The van der Waals surface area contributed by atoms with Crippen LogP contribution in [0.15, 0.2) is 40.3 Å². The van der Waals surface area contributed by atoms with Crippen LogP contribution in [0.25, 0.3) is 21.9 Å². The predicted octanol–water partition coefficient (Wildman–Crippen LogP) is 1.85. The van der Waals surface area contributed by atoms with Gasteiger partial charge in [-0.2, -0.15) is 5.10 Å². The van der Waals surface area contributed by atoms with Crippen LogP contribution in [0.3, 0.4) is 0 Å². The Balaban J connectivity index is 1.52. The number of carbonyl (C=O) groups is 1. The molecule has 10 nitrogen and oxygen atoms in total. The lowest BCUT2D eigenvalue weighted by atomic mass is 10.2. The molecule has 4 aromatic rings. The standard InChI is InChI=1S/C21H22ClN7O3/c1-3-7-28(11-17-25-16-9-13(22)4-5-14(16)20(31)26-17)18(30)6-8-29-12-23-19-15(21(29)32)10-24-27(19)2/h4-5,9-10,12H,3,6-8,11H2,1-2H3,(H,25,26,31). The van der Waals surface area contributed by atoms with Gasteiger partial charge < -0.3 is 9.88 Å². The fraction of sp³-hybridized carbons (Fsp3) is 0.333. The van der Waals surface area contributed by atoms with Crippen molar-refractivity contribution in [3.8, 4) is 0 Å². The van der Waals surface area contributed by atoms with Crippen molar-refractivity contribution in [3.63, 3.8) is 0 Å². The van der Waals surface area contributed by atoms with E-state index < -0.39 is 0 Å². The van der Waals surface area contributed by atoms with Crippen LogP contribution in [0.5, 0.6) is 0 Å². The van der Waals surface area contributed by atoms with Gasteiger partial charge in [-0.3, -0.25) is 23.6 Å². The first-order chi connectivity index (χ1) is 15.4. The summed E-state index contributed by atoms with van der Waals surface area (Å²) in [6.07, 6.45) is 3.74. The van der Waals surface area contributed by atoms with Gasteiger partial charge >= 0.3 is 0 Å².